The van der Waals surface area contributed by atoms with Crippen LogP contribution in [0.5, 0.6) is 0 Å². The second-order valence-corrected chi connectivity index (χ2v) is 9.20. The van der Waals surface area contributed by atoms with E-state index in [1.54, 1.807) is 6.20 Å². The van der Waals surface area contributed by atoms with E-state index in [1.165, 1.54) is 5.56 Å². The maximum atomic E-state index is 12.7. The van der Waals surface area contributed by atoms with Crippen LogP contribution in [0.15, 0.2) is 59.1 Å². The van der Waals surface area contributed by atoms with E-state index >= 15 is 0 Å². The first-order chi connectivity index (χ1) is 15.5. The predicted octanol–water partition coefficient (Wildman–Crippen LogP) is 5.47. The molecule has 4 rings (SSSR count). The summed E-state index contributed by atoms with van der Waals surface area (Å²) >= 11 is 6.10. The Morgan fingerprint density at radius 1 is 1.09 bits per heavy atom. The van der Waals surface area contributed by atoms with E-state index in [2.05, 4.69) is 54.1 Å². The van der Waals surface area contributed by atoms with E-state index in [0.717, 1.165) is 41.5 Å². The highest BCUT2D eigenvalue weighted by Gasteiger charge is 2.21. The van der Waals surface area contributed by atoms with Crippen LogP contribution < -0.4 is 4.90 Å². The molecule has 0 spiro atoms. The molecule has 0 aliphatic carbocycles. The fraction of sp³-hybridized carbons (Fsp3) is 0.385. The Labute approximate surface area is 195 Å². The lowest BCUT2D eigenvalue weighted by Gasteiger charge is -2.36. The Balaban J connectivity index is 1.26. The number of amides is 1. The number of aromatic nitrogens is 1. The van der Waals surface area contributed by atoms with Crippen molar-refractivity contribution in [3.05, 3.63) is 71.2 Å². The van der Waals surface area contributed by atoms with Gasteiger partial charge in [0.15, 0.2) is 11.7 Å². The number of rotatable bonds is 7. The lowest BCUT2D eigenvalue weighted by Crippen LogP contribution is -2.48. The molecular weight excluding hydrogens is 422 g/mol. The van der Waals surface area contributed by atoms with Gasteiger partial charge in [-0.15, -0.1) is 0 Å². The summed E-state index contributed by atoms with van der Waals surface area (Å²) in [6.07, 6.45) is 3.74. The minimum absolute atomic E-state index is 0.147. The summed E-state index contributed by atoms with van der Waals surface area (Å²) in [4.78, 5) is 21.3. The van der Waals surface area contributed by atoms with E-state index in [-0.39, 0.29) is 5.91 Å². The standard InChI is InChI=1S/C26H30ClN3O2/c1-19(2)16-20-6-8-21(9-7-20)24-18-28-25(32-24)10-11-26(31)30-14-12-29(13-15-30)23-5-3-4-22(27)17-23/h3-9,17-19H,10-16H2,1-2H3. The maximum absolute atomic E-state index is 12.7. The number of anilines is 1. The second-order valence-electron chi connectivity index (χ2n) is 8.76. The minimum Gasteiger partial charge on any atom is -0.441 e. The van der Waals surface area contributed by atoms with Gasteiger partial charge in [0.25, 0.3) is 0 Å². The van der Waals surface area contributed by atoms with Crippen LogP contribution in [0, 0.1) is 5.92 Å². The molecule has 0 bridgehead atoms. The van der Waals surface area contributed by atoms with E-state index in [0.29, 0.717) is 37.7 Å². The van der Waals surface area contributed by atoms with Gasteiger partial charge >= 0.3 is 0 Å². The number of hydrogen-bond donors (Lipinski definition) is 0. The first kappa shape index (κ1) is 22.4. The van der Waals surface area contributed by atoms with E-state index in [1.807, 2.05) is 23.1 Å². The van der Waals surface area contributed by atoms with Gasteiger partial charge in [-0.25, -0.2) is 4.98 Å². The molecule has 1 aliphatic rings. The SMILES string of the molecule is CC(C)Cc1ccc(-c2cnc(CCC(=O)N3CCN(c4cccc(Cl)c4)CC3)o2)cc1. The number of oxazole rings is 1. The molecule has 5 nitrogen and oxygen atoms in total. The first-order valence-corrected chi connectivity index (χ1v) is 11.7. The van der Waals surface area contributed by atoms with Crippen molar-refractivity contribution in [2.45, 2.75) is 33.1 Å². The van der Waals surface area contributed by atoms with Gasteiger partial charge < -0.3 is 14.2 Å². The van der Waals surface area contributed by atoms with E-state index in [9.17, 15) is 4.79 Å². The summed E-state index contributed by atoms with van der Waals surface area (Å²) in [7, 11) is 0. The van der Waals surface area contributed by atoms with Crippen LogP contribution >= 0.6 is 11.6 Å². The minimum atomic E-state index is 0.147. The Hall–Kier alpha value is -2.79. The highest BCUT2D eigenvalue weighted by atomic mass is 35.5. The number of halogens is 1. The van der Waals surface area contributed by atoms with Crippen molar-refractivity contribution >= 4 is 23.2 Å². The zero-order valence-electron chi connectivity index (χ0n) is 18.8. The predicted molar refractivity (Wildman–Crippen MR) is 129 cm³/mol. The van der Waals surface area contributed by atoms with Crippen molar-refractivity contribution < 1.29 is 9.21 Å². The van der Waals surface area contributed by atoms with Crippen molar-refractivity contribution in [2.75, 3.05) is 31.1 Å². The van der Waals surface area contributed by atoms with Crippen molar-refractivity contribution in [2.24, 2.45) is 5.92 Å². The quantitative estimate of drug-likeness (QED) is 0.477. The lowest BCUT2D eigenvalue weighted by atomic mass is 10.0. The van der Waals surface area contributed by atoms with Crippen molar-refractivity contribution in [1.82, 2.24) is 9.88 Å². The summed E-state index contributed by atoms with van der Waals surface area (Å²) in [5.41, 5.74) is 3.44. The molecule has 1 amide bonds. The van der Waals surface area contributed by atoms with Crippen LogP contribution in [0.25, 0.3) is 11.3 Å². The van der Waals surface area contributed by atoms with Gasteiger partial charge in [-0.1, -0.05) is 55.8 Å². The van der Waals surface area contributed by atoms with Gasteiger partial charge in [-0.2, -0.15) is 0 Å². The summed E-state index contributed by atoms with van der Waals surface area (Å²) in [6, 6.07) is 16.3. The van der Waals surface area contributed by atoms with Gasteiger partial charge in [0.2, 0.25) is 5.91 Å². The number of nitrogens with zero attached hydrogens (tertiary/aromatic N) is 3. The zero-order chi connectivity index (χ0) is 22.5. The molecule has 2 aromatic carbocycles. The van der Waals surface area contributed by atoms with E-state index in [4.69, 9.17) is 16.0 Å². The highest BCUT2D eigenvalue weighted by Crippen LogP contribution is 2.23. The fourth-order valence-electron chi connectivity index (χ4n) is 4.09. The normalized spacial score (nSPS) is 14.2. The van der Waals surface area contributed by atoms with Gasteiger partial charge in [-0.3, -0.25) is 4.79 Å². The molecule has 1 aliphatic heterocycles. The lowest BCUT2D eigenvalue weighted by molar-refractivity contribution is -0.131. The van der Waals surface area contributed by atoms with Crippen molar-refractivity contribution in [3.8, 4) is 11.3 Å². The third kappa shape index (κ3) is 5.71. The van der Waals surface area contributed by atoms with Gasteiger partial charge in [0, 0.05) is 55.3 Å². The molecule has 168 valence electrons. The summed E-state index contributed by atoms with van der Waals surface area (Å²) in [5.74, 6) is 2.14. The van der Waals surface area contributed by atoms with E-state index < -0.39 is 0 Å². The molecule has 0 radical (unpaired) electrons. The fourth-order valence-corrected chi connectivity index (χ4v) is 4.28. The zero-order valence-corrected chi connectivity index (χ0v) is 19.5. The number of carbonyl (C=O) groups excluding carboxylic acids is 1. The van der Waals surface area contributed by atoms with Gasteiger partial charge in [0.05, 0.1) is 6.20 Å². The van der Waals surface area contributed by atoms with Crippen molar-refractivity contribution in [3.63, 3.8) is 0 Å². The number of benzene rings is 2. The number of hydrogen-bond acceptors (Lipinski definition) is 4. The molecular formula is C26H30ClN3O2. The molecule has 1 fully saturated rings. The Morgan fingerprint density at radius 2 is 1.84 bits per heavy atom. The molecule has 32 heavy (non-hydrogen) atoms. The molecule has 2 heterocycles. The van der Waals surface area contributed by atoms with Crippen LogP contribution in [0.2, 0.25) is 5.02 Å². The molecule has 0 saturated carbocycles. The van der Waals surface area contributed by atoms with Gasteiger partial charge in [-0.05, 0) is 36.1 Å². The van der Waals surface area contributed by atoms with Gasteiger partial charge in [0.1, 0.15) is 0 Å². The molecule has 3 aromatic rings. The average molecular weight is 452 g/mol. The second kappa shape index (κ2) is 10.2. The maximum Gasteiger partial charge on any atom is 0.223 e. The first-order valence-electron chi connectivity index (χ1n) is 11.3. The third-order valence-corrected chi connectivity index (χ3v) is 6.03. The van der Waals surface area contributed by atoms with Crippen LogP contribution in [0.3, 0.4) is 0 Å². The molecule has 6 heteroatoms. The summed E-state index contributed by atoms with van der Waals surface area (Å²) < 4.78 is 5.91. The number of aryl methyl sites for hydroxylation is 1. The van der Waals surface area contributed by atoms with Crippen LogP contribution in [-0.2, 0) is 17.6 Å². The molecule has 0 unspecified atom stereocenters. The largest absolute Gasteiger partial charge is 0.441 e. The molecule has 0 atom stereocenters. The Kier molecular flexibility index (Phi) is 7.15. The monoisotopic (exact) mass is 451 g/mol. The van der Waals surface area contributed by atoms with Crippen LogP contribution in [0.1, 0.15) is 31.7 Å². The summed E-state index contributed by atoms with van der Waals surface area (Å²) in [5, 5.41) is 0.734. The molecule has 1 saturated heterocycles. The Morgan fingerprint density at radius 3 is 2.53 bits per heavy atom. The average Bonchev–Trinajstić information content (AvgIpc) is 3.27. The topological polar surface area (TPSA) is 49.6 Å². The number of carbonyl (C=O) groups is 1. The van der Waals surface area contributed by atoms with Crippen LogP contribution in [0.4, 0.5) is 5.69 Å². The van der Waals surface area contributed by atoms with Crippen LogP contribution in [-0.4, -0.2) is 42.0 Å². The highest BCUT2D eigenvalue weighted by molar-refractivity contribution is 6.30. The Bertz CT molecular complexity index is 1040. The smallest absolute Gasteiger partial charge is 0.223 e. The van der Waals surface area contributed by atoms with Crippen molar-refractivity contribution in [1.29, 1.82) is 0 Å². The molecule has 1 aromatic heterocycles. The third-order valence-electron chi connectivity index (χ3n) is 5.79. The number of piperazine rings is 1. The summed E-state index contributed by atoms with van der Waals surface area (Å²) in [6.45, 7) is 7.48. The molecule has 0 N–H and O–H groups in total.